The third-order valence-corrected chi connectivity index (χ3v) is 8.52. The molecule has 10 heteroatoms. The number of nitrogens with zero attached hydrogens (tertiary/aromatic N) is 1. The van der Waals surface area contributed by atoms with Crippen LogP contribution in [0.15, 0.2) is 41.4 Å². The number of pyridine rings is 1. The molecule has 2 aromatic rings. The minimum absolute atomic E-state index is 0.0399. The average Bonchev–Trinajstić information content (AvgIpc) is 2.92. The zero-order chi connectivity index (χ0) is 28.3. The molecule has 0 saturated heterocycles. The molecule has 1 fully saturated rings. The lowest BCUT2D eigenvalue weighted by Gasteiger charge is -2.20. The fourth-order valence-corrected chi connectivity index (χ4v) is 5.87. The van der Waals surface area contributed by atoms with E-state index in [1.54, 1.807) is 12.1 Å². The molecule has 0 aliphatic heterocycles. The van der Waals surface area contributed by atoms with Crippen molar-refractivity contribution in [1.82, 2.24) is 15.0 Å². The van der Waals surface area contributed by atoms with E-state index >= 15 is 0 Å². The second kappa shape index (κ2) is 14.8. The molecule has 1 aliphatic carbocycles. The molecule has 9 nitrogen and oxygen atoms in total. The standard InChI is InChI=1S/C29H39N3O6S/c1-2-3-5-10-23-19-24(20-31-27(23)29(35)36)28(34)32-39(37,38)25-14-11-22(12-15-25)17-18-30-26(33)16-13-21-8-6-4-7-9-21/h11-12,14-15,19-21H,2-10,13,16-18H2,1H3,(H,30,33)(H,32,34)(H,35,36)/p-1. The van der Waals surface area contributed by atoms with Gasteiger partial charge in [0, 0.05) is 19.2 Å². The number of unbranched alkanes of at least 4 members (excludes halogenated alkanes) is 2. The Morgan fingerprint density at radius 1 is 1.03 bits per heavy atom. The summed E-state index contributed by atoms with van der Waals surface area (Å²) in [5.74, 6) is -1.65. The molecule has 0 bridgehead atoms. The van der Waals surface area contributed by atoms with Crippen molar-refractivity contribution in [3.05, 3.63) is 58.9 Å². The van der Waals surface area contributed by atoms with Gasteiger partial charge in [0.1, 0.15) is 0 Å². The molecular formula is C29H38N3O6S-. The number of amides is 2. The lowest BCUT2D eigenvalue weighted by molar-refractivity contribution is -0.255. The van der Waals surface area contributed by atoms with Crippen LogP contribution in [0.25, 0.3) is 0 Å². The molecule has 1 heterocycles. The van der Waals surface area contributed by atoms with Gasteiger partial charge in [-0.25, -0.2) is 13.1 Å². The molecule has 0 radical (unpaired) electrons. The van der Waals surface area contributed by atoms with Crippen LogP contribution in [0.4, 0.5) is 0 Å². The minimum Gasteiger partial charge on any atom is -0.543 e. The highest BCUT2D eigenvalue weighted by atomic mass is 32.2. The largest absolute Gasteiger partial charge is 0.543 e. The van der Waals surface area contributed by atoms with Gasteiger partial charge in [-0.15, -0.1) is 0 Å². The van der Waals surface area contributed by atoms with Crippen LogP contribution in [-0.4, -0.2) is 37.7 Å². The summed E-state index contributed by atoms with van der Waals surface area (Å²) in [6.45, 7) is 2.47. The van der Waals surface area contributed by atoms with Crippen molar-refractivity contribution in [2.24, 2.45) is 5.92 Å². The Balaban J connectivity index is 1.52. The van der Waals surface area contributed by atoms with Crippen LogP contribution < -0.4 is 15.1 Å². The first-order chi connectivity index (χ1) is 18.7. The van der Waals surface area contributed by atoms with Gasteiger partial charge >= 0.3 is 0 Å². The lowest BCUT2D eigenvalue weighted by Crippen LogP contribution is -2.31. The van der Waals surface area contributed by atoms with Gasteiger partial charge in [0.15, 0.2) is 0 Å². The maximum atomic E-state index is 12.8. The maximum absolute atomic E-state index is 12.8. The summed E-state index contributed by atoms with van der Waals surface area (Å²) >= 11 is 0. The van der Waals surface area contributed by atoms with E-state index in [0.717, 1.165) is 31.0 Å². The van der Waals surface area contributed by atoms with E-state index in [1.807, 2.05) is 11.6 Å². The van der Waals surface area contributed by atoms with E-state index in [4.69, 9.17) is 0 Å². The Hall–Kier alpha value is -3.27. The van der Waals surface area contributed by atoms with Crippen molar-refractivity contribution >= 4 is 27.8 Å². The topological polar surface area (TPSA) is 145 Å². The number of carboxylic acid groups (broad SMARTS) is 1. The van der Waals surface area contributed by atoms with Crippen molar-refractivity contribution in [1.29, 1.82) is 0 Å². The molecule has 2 N–H and O–H groups in total. The van der Waals surface area contributed by atoms with Gasteiger partial charge in [-0.2, -0.15) is 0 Å². The highest BCUT2D eigenvalue weighted by molar-refractivity contribution is 7.90. The fraction of sp³-hybridized carbons (Fsp3) is 0.517. The van der Waals surface area contributed by atoms with E-state index < -0.39 is 21.9 Å². The smallest absolute Gasteiger partial charge is 0.266 e. The summed E-state index contributed by atoms with van der Waals surface area (Å²) in [5.41, 5.74) is 0.887. The summed E-state index contributed by atoms with van der Waals surface area (Å²) in [4.78, 5) is 40.0. The number of carboxylic acids is 1. The average molecular weight is 557 g/mol. The van der Waals surface area contributed by atoms with Crippen molar-refractivity contribution in [3.63, 3.8) is 0 Å². The third kappa shape index (κ3) is 9.45. The van der Waals surface area contributed by atoms with E-state index in [0.29, 0.717) is 43.7 Å². The number of aromatic carboxylic acids is 1. The number of hydrogen-bond donors (Lipinski definition) is 2. The van der Waals surface area contributed by atoms with Crippen molar-refractivity contribution in [3.8, 4) is 0 Å². The molecule has 1 aliphatic rings. The number of benzene rings is 1. The van der Waals surface area contributed by atoms with E-state index in [1.165, 1.54) is 50.3 Å². The lowest BCUT2D eigenvalue weighted by atomic mass is 9.86. The summed E-state index contributed by atoms with van der Waals surface area (Å²) in [5, 5.41) is 14.3. The van der Waals surface area contributed by atoms with Crippen molar-refractivity contribution < 1.29 is 27.9 Å². The predicted octanol–water partition coefficient (Wildman–Crippen LogP) is 3.32. The van der Waals surface area contributed by atoms with Crippen LogP contribution in [0.5, 0.6) is 0 Å². The first-order valence-electron chi connectivity index (χ1n) is 13.8. The van der Waals surface area contributed by atoms with Crippen LogP contribution in [0.3, 0.4) is 0 Å². The molecule has 0 spiro atoms. The van der Waals surface area contributed by atoms with Gasteiger partial charge in [0.2, 0.25) is 5.91 Å². The molecule has 212 valence electrons. The first kappa shape index (κ1) is 30.3. The molecule has 0 unspecified atom stereocenters. The van der Waals surface area contributed by atoms with Crippen LogP contribution in [0, 0.1) is 5.92 Å². The first-order valence-corrected chi connectivity index (χ1v) is 15.3. The summed E-state index contributed by atoms with van der Waals surface area (Å²) in [6.07, 6.45) is 12.2. The highest BCUT2D eigenvalue weighted by Crippen LogP contribution is 2.27. The number of rotatable bonds is 14. The molecule has 1 aromatic heterocycles. The number of aryl methyl sites for hydroxylation is 1. The van der Waals surface area contributed by atoms with Gasteiger partial charge in [0.25, 0.3) is 15.9 Å². The molecular weight excluding hydrogens is 518 g/mol. The van der Waals surface area contributed by atoms with Gasteiger partial charge in [-0.1, -0.05) is 64.0 Å². The number of carbonyl (C=O) groups is 3. The molecule has 2 amide bonds. The Kier molecular flexibility index (Phi) is 11.5. The predicted molar refractivity (Wildman–Crippen MR) is 145 cm³/mol. The molecule has 0 atom stereocenters. The second-order valence-electron chi connectivity index (χ2n) is 10.2. The quantitative estimate of drug-likeness (QED) is 0.340. The second-order valence-corrected chi connectivity index (χ2v) is 11.9. The highest BCUT2D eigenvalue weighted by Gasteiger charge is 2.20. The normalized spacial score (nSPS) is 14.1. The van der Waals surface area contributed by atoms with Crippen molar-refractivity contribution in [2.75, 3.05) is 6.54 Å². The van der Waals surface area contributed by atoms with Gasteiger partial charge in [-0.05, 0) is 60.9 Å². The Morgan fingerprint density at radius 2 is 1.74 bits per heavy atom. The molecule has 1 saturated carbocycles. The summed E-state index contributed by atoms with van der Waals surface area (Å²) < 4.78 is 27.6. The number of sulfonamides is 1. The number of hydrogen-bond acceptors (Lipinski definition) is 7. The summed E-state index contributed by atoms with van der Waals surface area (Å²) in [7, 11) is -4.16. The molecule has 1 aromatic carbocycles. The number of aromatic nitrogens is 1. The SMILES string of the molecule is CCCCCc1cc(C(=O)NS(=O)(=O)c2ccc(CCNC(=O)CCC3CCCCC3)cc2)cnc1C(=O)[O-]. The van der Waals surface area contributed by atoms with Crippen LogP contribution in [0.2, 0.25) is 0 Å². The van der Waals surface area contributed by atoms with Crippen LogP contribution in [0.1, 0.15) is 103 Å². The Labute approximate surface area is 230 Å². The minimum atomic E-state index is -4.16. The van der Waals surface area contributed by atoms with Gasteiger partial charge in [0.05, 0.1) is 22.1 Å². The van der Waals surface area contributed by atoms with Gasteiger partial charge < -0.3 is 15.2 Å². The summed E-state index contributed by atoms with van der Waals surface area (Å²) in [6, 6.07) is 7.46. The van der Waals surface area contributed by atoms with Crippen molar-refractivity contribution in [2.45, 2.75) is 88.9 Å². The zero-order valence-electron chi connectivity index (χ0n) is 22.5. The zero-order valence-corrected chi connectivity index (χ0v) is 23.4. The van der Waals surface area contributed by atoms with E-state index in [-0.39, 0.29) is 22.1 Å². The number of nitrogens with one attached hydrogen (secondary N) is 2. The number of carbonyl (C=O) groups excluding carboxylic acids is 3. The van der Waals surface area contributed by atoms with E-state index in [9.17, 15) is 27.9 Å². The van der Waals surface area contributed by atoms with Crippen LogP contribution >= 0.6 is 0 Å². The monoisotopic (exact) mass is 556 g/mol. The van der Waals surface area contributed by atoms with Crippen LogP contribution in [-0.2, 0) is 27.7 Å². The van der Waals surface area contributed by atoms with E-state index in [2.05, 4.69) is 10.3 Å². The molecule has 39 heavy (non-hydrogen) atoms. The maximum Gasteiger partial charge on any atom is 0.266 e. The fourth-order valence-electron chi connectivity index (χ4n) is 4.90. The molecule has 3 rings (SSSR count). The third-order valence-electron chi connectivity index (χ3n) is 7.17. The Morgan fingerprint density at radius 3 is 2.41 bits per heavy atom. The van der Waals surface area contributed by atoms with Gasteiger partial charge in [-0.3, -0.25) is 14.6 Å². The Bertz CT molecular complexity index is 1240.